The van der Waals surface area contributed by atoms with Crippen LogP contribution in [0.1, 0.15) is 184 Å². The molecule has 0 radical (unpaired) electrons. The standard InChI is InChI=1S/C124H134N8O18/c1-85(2)65-71-139-117(133)93-37-53-105(54-38-93)145-79-123(80-146-106-55-39-94(40-56-106)118(134)140-72-66-86(3)4,81-147-107-57-41-95(42-58-107)119(135)141-73-67-87(5)6)77-129-125-113-111(91-33-49-103(50-34-91)131(99-25-17-13-18-26-99)100-27-19-14-20-28-100)115-116(112(114(113)126-129)92-35-51-104(52-36-92)132(101-29-21-15-22-30-101)102-31-23-16-24-32-102)128-130(127-115)78-124(82-148-108-59-43-96(44-60-108)120(136)142-74-68-88(7)8,83-149-109-61-45-97(46-62-109)121(137)143-75-69-89(9)10)84-150-110-63-47-98(48-64-110)122(138)144-76-70-90(11)12/h13-64,85-90H,65-84H2,1-12H3. The van der Waals surface area contributed by atoms with Gasteiger partial charge in [-0.15, -0.1) is 0 Å². The lowest BCUT2D eigenvalue weighted by Gasteiger charge is -2.33. The van der Waals surface area contributed by atoms with Crippen molar-refractivity contribution >= 4 is 92.0 Å². The van der Waals surface area contributed by atoms with Crippen LogP contribution in [0.4, 0.5) is 34.1 Å². The van der Waals surface area contributed by atoms with E-state index in [2.05, 4.69) is 166 Å². The first-order valence-electron chi connectivity index (χ1n) is 51.7. The zero-order chi connectivity index (χ0) is 105. The summed E-state index contributed by atoms with van der Waals surface area (Å²) in [5.74, 6) is 1.37. The zero-order valence-electron chi connectivity index (χ0n) is 87.6. The van der Waals surface area contributed by atoms with Gasteiger partial charge in [0.2, 0.25) is 0 Å². The smallest absolute Gasteiger partial charge is 0.338 e. The van der Waals surface area contributed by atoms with Gasteiger partial charge in [0.1, 0.15) is 90.6 Å². The van der Waals surface area contributed by atoms with Gasteiger partial charge in [-0.1, -0.05) is 180 Å². The molecule has 0 spiro atoms. The average Bonchev–Trinajstić information content (AvgIpc) is 1.56. The Kier molecular flexibility index (Phi) is 37.8. The highest BCUT2D eigenvalue weighted by atomic mass is 16.6. The summed E-state index contributed by atoms with van der Waals surface area (Å²) in [4.78, 5) is 89.4. The third-order valence-corrected chi connectivity index (χ3v) is 25.5. The summed E-state index contributed by atoms with van der Waals surface area (Å²) >= 11 is 0. The van der Waals surface area contributed by atoms with Crippen molar-refractivity contribution in [3.8, 4) is 56.8 Å². The van der Waals surface area contributed by atoms with Gasteiger partial charge >= 0.3 is 35.8 Å². The molecule has 0 saturated heterocycles. The van der Waals surface area contributed by atoms with Crippen LogP contribution in [0.3, 0.4) is 0 Å². The van der Waals surface area contributed by atoms with E-state index in [9.17, 15) is 28.8 Å². The van der Waals surface area contributed by atoms with Crippen LogP contribution in [0.2, 0.25) is 0 Å². The van der Waals surface area contributed by atoms with Crippen LogP contribution >= 0.6 is 0 Å². The fourth-order valence-electron chi connectivity index (χ4n) is 16.5. The lowest BCUT2D eigenvalue weighted by Crippen LogP contribution is -2.55. The van der Waals surface area contributed by atoms with Gasteiger partial charge in [0.25, 0.3) is 0 Å². The van der Waals surface area contributed by atoms with E-state index in [4.69, 9.17) is 77.2 Å². The van der Waals surface area contributed by atoms with E-state index >= 15 is 0 Å². The Balaban J connectivity index is 0.945. The molecule has 0 aliphatic carbocycles. The first-order valence-corrected chi connectivity index (χ1v) is 51.7. The van der Waals surface area contributed by atoms with Gasteiger partial charge in [0, 0.05) is 56.3 Å². The van der Waals surface area contributed by atoms with Gasteiger partial charge in [0.05, 0.1) is 85.0 Å². The van der Waals surface area contributed by atoms with E-state index < -0.39 is 46.6 Å². The predicted molar refractivity (Wildman–Crippen MR) is 581 cm³/mol. The van der Waals surface area contributed by atoms with E-state index in [1.54, 1.807) is 155 Å². The maximum atomic E-state index is 13.6. The molecule has 0 amide bonds. The number of ether oxygens (including phenoxy) is 12. The van der Waals surface area contributed by atoms with Crippen LogP contribution in [0.15, 0.2) is 315 Å². The molecule has 15 aromatic rings. The lowest BCUT2D eigenvalue weighted by atomic mass is 9.91. The molecule has 0 fully saturated rings. The second-order valence-corrected chi connectivity index (χ2v) is 40.5. The van der Waals surface area contributed by atoms with Crippen molar-refractivity contribution in [1.29, 1.82) is 0 Å². The first-order chi connectivity index (χ1) is 72.6. The Morgan fingerprint density at radius 1 is 0.273 bits per heavy atom. The second kappa shape index (κ2) is 52.5. The molecule has 150 heavy (non-hydrogen) atoms. The molecule has 0 atom stereocenters. The summed E-state index contributed by atoms with van der Waals surface area (Å²) in [5, 5.41) is 23.1. The highest BCUT2D eigenvalue weighted by Crippen LogP contribution is 2.45. The third kappa shape index (κ3) is 30.1. The topological polar surface area (TPSA) is 281 Å². The van der Waals surface area contributed by atoms with E-state index in [-0.39, 0.29) is 92.4 Å². The van der Waals surface area contributed by atoms with Crippen molar-refractivity contribution in [2.24, 2.45) is 46.3 Å². The number of anilines is 6. The molecule has 0 aliphatic heterocycles. The zero-order valence-corrected chi connectivity index (χ0v) is 87.6. The molecule has 26 heteroatoms. The van der Waals surface area contributed by atoms with Crippen LogP contribution in [-0.4, -0.2) is 135 Å². The fourth-order valence-corrected chi connectivity index (χ4v) is 16.5. The molecule has 0 aliphatic rings. The number of benzene rings is 13. The second-order valence-electron chi connectivity index (χ2n) is 40.5. The van der Waals surface area contributed by atoms with Crippen LogP contribution in [0.5, 0.6) is 34.5 Å². The van der Waals surface area contributed by atoms with Crippen LogP contribution < -0.4 is 48.1 Å². The lowest BCUT2D eigenvalue weighted by molar-refractivity contribution is -0.814. The van der Waals surface area contributed by atoms with Gasteiger partial charge in [-0.05, 0) is 304 Å². The van der Waals surface area contributed by atoms with Crippen molar-refractivity contribution in [2.75, 3.05) is 89.1 Å². The SMILES string of the molecule is CC(C)CCOC(=O)c1ccc(OCC(COc2ccc(C(=O)OCCC(C)C)cc2)(COc2ccc(C(=O)OCCC(C)C)cc2)Cn2nc3c(-c4ccc(N(c5ccccc5)c5ccccc5)cc4)c4n[n+](CC(COc5ccc(C(=O)OCCC(C)C)cc5)(COc5ccc(C(=O)OCCC(C)C)cc5)COc5ccc(C(=O)OCCC(C)C)cc5)[n-]c4c(-c4ccc(N(c5ccccc5)c5ccccc5)cc4)c3n2)cc1. The van der Waals surface area contributed by atoms with Crippen LogP contribution in [0.25, 0.3) is 44.3 Å². The Labute approximate surface area is 878 Å². The van der Waals surface area contributed by atoms with Gasteiger partial charge in [-0.2, -0.15) is 30.0 Å². The van der Waals surface area contributed by atoms with Crippen molar-refractivity contribution < 1.29 is 90.4 Å². The summed E-state index contributed by atoms with van der Waals surface area (Å²) in [6.07, 6.45) is 4.14. The van der Waals surface area contributed by atoms with Crippen molar-refractivity contribution in [3.05, 3.63) is 349 Å². The van der Waals surface area contributed by atoms with E-state index in [1.807, 2.05) is 97.1 Å². The maximum Gasteiger partial charge on any atom is 0.338 e. The molecular formula is C124H134N8O18. The number of esters is 6. The molecule has 0 bridgehead atoms. The third-order valence-electron chi connectivity index (χ3n) is 25.5. The number of rotatable bonds is 54. The van der Waals surface area contributed by atoms with E-state index in [0.29, 0.717) is 186 Å². The van der Waals surface area contributed by atoms with Crippen molar-refractivity contribution in [2.45, 2.75) is 135 Å². The van der Waals surface area contributed by atoms with E-state index in [1.165, 1.54) is 0 Å². The summed E-state index contributed by atoms with van der Waals surface area (Å²) in [6, 6.07) is 97.5. The van der Waals surface area contributed by atoms with Crippen LogP contribution in [0, 0.1) is 46.3 Å². The largest absolute Gasteiger partial charge is 0.493 e. The minimum atomic E-state index is -1.35. The number of para-hydroxylation sites is 4. The molecule has 13 aromatic carbocycles. The monoisotopic (exact) mass is 2020 g/mol. The van der Waals surface area contributed by atoms with Crippen LogP contribution in [-0.2, 0) is 41.5 Å². The highest BCUT2D eigenvalue weighted by Gasteiger charge is 2.42. The predicted octanol–water partition coefficient (Wildman–Crippen LogP) is 26.2. The number of fused-ring (bicyclic) bond motifs is 2. The molecule has 0 N–H and O–H groups in total. The van der Waals surface area contributed by atoms with Crippen molar-refractivity contribution in [1.82, 2.24) is 25.2 Å². The Bertz CT molecular complexity index is 5970. The molecule has 2 heterocycles. The molecule has 26 nitrogen and oxygen atoms in total. The molecule has 2 aromatic heterocycles. The summed E-state index contributed by atoms with van der Waals surface area (Å²) in [5.41, 5.74) is 8.55. The Morgan fingerprint density at radius 3 is 0.733 bits per heavy atom. The van der Waals surface area contributed by atoms with Crippen molar-refractivity contribution in [3.63, 3.8) is 0 Å². The molecule has 15 rings (SSSR count). The highest BCUT2D eigenvalue weighted by molar-refractivity contribution is 6.16. The van der Waals surface area contributed by atoms with E-state index in [0.717, 1.165) is 34.1 Å². The average molecular weight is 2020 g/mol. The summed E-state index contributed by atoms with van der Waals surface area (Å²) < 4.78 is 76.6. The minimum absolute atomic E-state index is 0.111. The molecule has 778 valence electrons. The molecule has 0 saturated carbocycles. The minimum Gasteiger partial charge on any atom is -0.493 e. The maximum absolute atomic E-state index is 13.6. The quantitative estimate of drug-likeness (QED) is 0.0194. The Hall–Kier alpha value is -16.1. The summed E-state index contributed by atoms with van der Waals surface area (Å²) in [6.45, 7) is 25.2. The number of nitrogens with zero attached hydrogens (tertiary/aromatic N) is 8. The van der Waals surface area contributed by atoms with Gasteiger partial charge in [-0.25, -0.2) is 28.8 Å². The summed E-state index contributed by atoms with van der Waals surface area (Å²) in [7, 11) is 0. The van der Waals surface area contributed by atoms with Gasteiger partial charge in [0.15, 0.2) is 6.54 Å². The first kappa shape index (κ1) is 108. The fraction of sp³-hybridized carbons (Fsp3) is 0.323. The molecular weight excluding hydrogens is 1890 g/mol. The number of aromatic nitrogens is 6. The number of hydrogen-bond donors (Lipinski definition) is 0. The van der Waals surface area contributed by atoms with Gasteiger partial charge in [-0.3, -0.25) is 0 Å². The molecule has 0 unspecified atom stereocenters. The number of carbonyl (C=O) groups excluding carboxylic acids is 6. The van der Waals surface area contributed by atoms with Gasteiger partial charge < -0.3 is 66.6 Å². The normalized spacial score (nSPS) is 11.6. The number of carbonyl (C=O) groups is 6. The number of hydrogen-bond acceptors (Lipinski definition) is 23. The Morgan fingerprint density at radius 2 is 0.493 bits per heavy atom.